The molecule has 0 bridgehead atoms. The molecule has 2 heterocycles. The fourth-order valence-corrected chi connectivity index (χ4v) is 3.43. The molecule has 1 fully saturated rings. The molecule has 7 heteroatoms. The summed E-state index contributed by atoms with van der Waals surface area (Å²) >= 11 is 0. The van der Waals surface area contributed by atoms with Gasteiger partial charge in [0.1, 0.15) is 0 Å². The molecule has 1 aliphatic rings. The third-order valence-corrected chi connectivity index (χ3v) is 4.99. The van der Waals surface area contributed by atoms with Gasteiger partial charge < -0.3 is 15.5 Å². The number of carbonyl (C=O) groups excluding carboxylic acids is 2. The highest BCUT2D eigenvalue weighted by molar-refractivity contribution is 6.04. The number of nitrogens with zero attached hydrogens (tertiary/aromatic N) is 3. The molecule has 1 aliphatic heterocycles. The molecule has 0 atom stereocenters. The smallest absolute Gasteiger partial charge is 0.255 e. The van der Waals surface area contributed by atoms with Crippen LogP contribution < -0.4 is 15.5 Å². The predicted molar refractivity (Wildman–Crippen MR) is 118 cm³/mol. The van der Waals surface area contributed by atoms with Crippen molar-refractivity contribution in [1.29, 1.82) is 0 Å². The van der Waals surface area contributed by atoms with Crippen LogP contribution in [-0.2, 0) is 4.79 Å². The molecule has 0 spiro atoms. The van der Waals surface area contributed by atoms with Crippen molar-refractivity contribution in [3.63, 3.8) is 0 Å². The maximum Gasteiger partial charge on any atom is 0.255 e. The number of nitrogens with one attached hydrogen (secondary N) is 2. The second-order valence-corrected chi connectivity index (χ2v) is 7.26. The number of aromatic nitrogens is 2. The molecule has 1 aromatic heterocycles. The average Bonchev–Trinajstić information content (AvgIpc) is 3.29. The van der Waals surface area contributed by atoms with Gasteiger partial charge in [0.2, 0.25) is 5.91 Å². The lowest BCUT2D eigenvalue weighted by molar-refractivity contribution is -0.114. The SMILES string of the molecule is CC(=O)Nc1ccc(C(=O)Nc2ccc(-c3ccc(N4CCCC4)nn3)cc2)cc1. The summed E-state index contributed by atoms with van der Waals surface area (Å²) in [4.78, 5) is 25.8. The average molecular weight is 401 g/mol. The zero-order valence-corrected chi connectivity index (χ0v) is 16.8. The lowest BCUT2D eigenvalue weighted by Gasteiger charge is -2.15. The van der Waals surface area contributed by atoms with Gasteiger partial charge in [-0.15, -0.1) is 10.2 Å². The summed E-state index contributed by atoms with van der Waals surface area (Å²) in [6.45, 7) is 3.52. The molecule has 0 saturated carbocycles. The van der Waals surface area contributed by atoms with Gasteiger partial charge >= 0.3 is 0 Å². The molecule has 3 aromatic rings. The van der Waals surface area contributed by atoms with E-state index in [1.165, 1.54) is 19.8 Å². The minimum absolute atomic E-state index is 0.150. The van der Waals surface area contributed by atoms with E-state index in [-0.39, 0.29) is 11.8 Å². The van der Waals surface area contributed by atoms with Gasteiger partial charge in [0.15, 0.2) is 5.82 Å². The van der Waals surface area contributed by atoms with Crippen molar-refractivity contribution >= 4 is 29.0 Å². The Labute approximate surface area is 175 Å². The fraction of sp³-hybridized carbons (Fsp3) is 0.217. The molecule has 152 valence electrons. The van der Waals surface area contributed by atoms with E-state index in [1.807, 2.05) is 36.4 Å². The Morgan fingerprint density at radius 2 is 1.43 bits per heavy atom. The summed E-state index contributed by atoms with van der Waals surface area (Å²) in [5.41, 5.74) is 3.59. The van der Waals surface area contributed by atoms with Gasteiger partial charge in [-0.1, -0.05) is 12.1 Å². The summed E-state index contributed by atoms with van der Waals surface area (Å²) in [7, 11) is 0. The van der Waals surface area contributed by atoms with Crippen LogP contribution in [-0.4, -0.2) is 35.1 Å². The van der Waals surface area contributed by atoms with Gasteiger partial charge in [0.25, 0.3) is 5.91 Å². The highest BCUT2D eigenvalue weighted by Crippen LogP contribution is 2.22. The van der Waals surface area contributed by atoms with Crippen molar-refractivity contribution in [2.24, 2.45) is 0 Å². The zero-order chi connectivity index (χ0) is 20.9. The van der Waals surface area contributed by atoms with Crippen LogP contribution in [0.2, 0.25) is 0 Å². The Kier molecular flexibility index (Phi) is 5.70. The molecule has 2 amide bonds. The van der Waals surface area contributed by atoms with Crippen molar-refractivity contribution in [3.05, 3.63) is 66.2 Å². The van der Waals surface area contributed by atoms with Gasteiger partial charge in [0, 0.05) is 42.5 Å². The predicted octanol–water partition coefficient (Wildman–Crippen LogP) is 3.95. The number of amides is 2. The van der Waals surface area contributed by atoms with Crippen molar-refractivity contribution < 1.29 is 9.59 Å². The van der Waals surface area contributed by atoms with Crippen molar-refractivity contribution in [2.45, 2.75) is 19.8 Å². The van der Waals surface area contributed by atoms with E-state index in [1.54, 1.807) is 24.3 Å². The first-order valence-corrected chi connectivity index (χ1v) is 9.96. The van der Waals surface area contributed by atoms with Crippen molar-refractivity contribution in [1.82, 2.24) is 10.2 Å². The minimum Gasteiger partial charge on any atom is -0.355 e. The number of carbonyl (C=O) groups is 2. The summed E-state index contributed by atoms with van der Waals surface area (Å²) in [6, 6.07) is 18.2. The van der Waals surface area contributed by atoms with Gasteiger partial charge in [-0.25, -0.2) is 0 Å². The van der Waals surface area contributed by atoms with Gasteiger partial charge in [0.05, 0.1) is 5.69 Å². The van der Waals surface area contributed by atoms with Crippen LogP contribution >= 0.6 is 0 Å². The molecule has 0 unspecified atom stereocenters. The van der Waals surface area contributed by atoms with Crippen molar-refractivity contribution in [2.75, 3.05) is 28.6 Å². The van der Waals surface area contributed by atoms with Gasteiger partial charge in [-0.3, -0.25) is 9.59 Å². The van der Waals surface area contributed by atoms with Crippen LogP contribution in [0.3, 0.4) is 0 Å². The van der Waals surface area contributed by atoms with Gasteiger partial charge in [-0.05, 0) is 61.4 Å². The van der Waals surface area contributed by atoms with E-state index in [9.17, 15) is 9.59 Å². The number of rotatable bonds is 5. The monoisotopic (exact) mass is 401 g/mol. The van der Waals surface area contributed by atoms with Crippen LogP contribution in [0, 0.1) is 0 Å². The summed E-state index contributed by atoms with van der Waals surface area (Å²) in [5, 5.41) is 14.3. The quantitative estimate of drug-likeness (QED) is 0.676. The number of hydrogen-bond acceptors (Lipinski definition) is 5. The minimum atomic E-state index is -0.216. The molecule has 4 rings (SSSR count). The van der Waals surface area contributed by atoms with E-state index >= 15 is 0 Å². The molecule has 1 saturated heterocycles. The van der Waals surface area contributed by atoms with E-state index in [0.717, 1.165) is 30.2 Å². The Hall–Kier alpha value is -3.74. The highest BCUT2D eigenvalue weighted by Gasteiger charge is 2.14. The summed E-state index contributed by atoms with van der Waals surface area (Å²) in [6.07, 6.45) is 2.41. The van der Waals surface area contributed by atoms with Crippen molar-refractivity contribution in [3.8, 4) is 11.3 Å². The van der Waals surface area contributed by atoms with Crippen LogP contribution in [0.15, 0.2) is 60.7 Å². The fourth-order valence-electron chi connectivity index (χ4n) is 3.43. The lowest BCUT2D eigenvalue weighted by atomic mass is 10.1. The molecule has 30 heavy (non-hydrogen) atoms. The lowest BCUT2D eigenvalue weighted by Crippen LogP contribution is -2.19. The topological polar surface area (TPSA) is 87.2 Å². The second kappa shape index (κ2) is 8.73. The molecular weight excluding hydrogens is 378 g/mol. The van der Waals surface area contributed by atoms with Crippen LogP contribution in [0.5, 0.6) is 0 Å². The Morgan fingerprint density at radius 1 is 0.800 bits per heavy atom. The van der Waals surface area contributed by atoms with E-state index < -0.39 is 0 Å². The second-order valence-electron chi connectivity index (χ2n) is 7.26. The molecule has 2 N–H and O–H groups in total. The maximum atomic E-state index is 12.4. The molecule has 2 aromatic carbocycles. The summed E-state index contributed by atoms with van der Waals surface area (Å²) < 4.78 is 0. The Balaban J connectivity index is 1.39. The molecule has 0 radical (unpaired) electrons. The first kappa shape index (κ1) is 19.6. The van der Waals surface area contributed by atoms with E-state index in [4.69, 9.17) is 0 Å². The summed E-state index contributed by atoms with van der Waals surface area (Å²) in [5.74, 6) is 0.555. The standard InChI is InChI=1S/C23H23N5O2/c1-16(29)24-19-10-6-18(7-11-19)23(30)25-20-8-4-17(5-9-20)21-12-13-22(27-26-21)28-14-2-3-15-28/h4-13H,2-3,14-15H2,1H3,(H,24,29)(H,25,30). The highest BCUT2D eigenvalue weighted by atomic mass is 16.2. The normalized spacial score (nSPS) is 13.2. The zero-order valence-electron chi connectivity index (χ0n) is 16.8. The Morgan fingerprint density at radius 3 is 2.03 bits per heavy atom. The molecule has 7 nitrogen and oxygen atoms in total. The number of benzene rings is 2. The largest absolute Gasteiger partial charge is 0.355 e. The molecular formula is C23H23N5O2. The maximum absolute atomic E-state index is 12.4. The van der Waals surface area contributed by atoms with Crippen LogP contribution in [0.1, 0.15) is 30.1 Å². The number of hydrogen-bond donors (Lipinski definition) is 2. The Bertz CT molecular complexity index is 1020. The van der Waals surface area contributed by atoms with Crippen LogP contribution in [0.4, 0.5) is 17.2 Å². The third kappa shape index (κ3) is 4.63. The molecule has 0 aliphatic carbocycles. The van der Waals surface area contributed by atoms with E-state index in [2.05, 4.69) is 25.7 Å². The van der Waals surface area contributed by atoms with Gasteiger partial charge in [-0.2, -0.15) is 0 Å². The number of anilines is 3. The van der Waals surface area contributed by atoms with Crippen LogP contribution in [0.25, 0.3) is 11.3 Å². The third-order valence-electron chi connectivity index (χ3n) is 4.99. The first-order chi connectivity index (χ1) is 14.6. The van der Waals surface area contributed by atoms with E-state index in [0.29, 0.717) is 16.9 Å². The first-order valence-electron chi connectivity index (χ1n) is 9.96.